The van der Waals surface area contributed by atoms with Gasteiger partial charge in [-0.3, -0.25) is 0 Å². The average molecular weight is 482 g/mol. The summed E-state index contributed by atoms with van der Waals surface area (Å²) in [4.78, 5) is 14.1. The second-order valence-corrected chi connectivity index (χ2v) is 9.51. The zero-order chi connectivity index (χ0) is 24.3. The topological polar surface area (TPSA) is 55.5 Å². The van der Waals surface area contributed by atoms with Gasteiger partial charge in [-0.2, -0.15) is 5.26 Å². The van der Waals surface area contributed by atoms with Crippen LogP contribution in [-0.2, 0) is 6.54 Å². The van der Waals surface area contributed by atoms with Crippen LogP contribution < -0.4 is 4.90 Å². The van der Waals surface area contributed by atoms with Gasteiger partial charge in [0.1, 0.15) is 22.5 Å². The highest BCUT2D eigenvalue weighted by Crippen LogP contribution is 2.36. The Morgan fingerprint density at radius 1 is 1.03 bits per heavy atom. The fourth-order valence-corrected chi connectivity index (χ4v) is 4.77. The lowest BCUT2D eigenvalue weighted by Gasteiger charge is -2.37. The second-order valence-electron chi connectivity index (χ2n) is 8.71. The van der Waals surface area contributed by atoms with Gasteiger partial charge in [0, 0.05) is 30.5 Å². The quantitative estimate of drug-likeness (QED) is 0.235. The van der Waals surface area contributed by atoms with E-state index in [-0.39, 0.29) is 5.82 Å². The molecule has 0 amide bonds. The van der Waals surface area contributed by atoms with Crippen molar-refractivity contribution in [1.29, 1.82) is 5.26 Å². The van der Waals surface area contributed by atoms with Crippen LogP contribution in [0.1, 0.15) is 76.3 Å². The van der Waals surface area contributed by atoms with E-state index in [2.05, 4.69) is 34.7 Å². The molecule has 0 saturated carbocycles. The fourth-order valence-electron chi connectivity index (χ4n) is 4.26. The molecule has 182 valence electrons. The zero-order valence-electron chi connectivity index (χ0n) is 20.7. The van der Waals surface area contributed by atoms with Crippen LogP contribution in [0.5, 0.6) is 0 Å². The van der Waals surface area contributed by atoms with Crippen molar-refractivity contribution in [3.63, 3.8) is 0 Å². The highest BCUT2D eigenvalue weighted by atomic mass is 32.2. The highest BCUT2D eigenvalue weighted by Gasteiger charge is 2.28. The van der Waals surface area contributed by atoms with Crippen molar-refractivity contribution < 1.29 is 4.39 Å². The Morgan fingerprint density at radius 3 is 2.24 bits per heavy atom. The first-order chi connectivity index (χ1) is 16.6. The molecule has 0 saturated heterocycles. The number of benzene rings is 1. The molecule has 5 nitrogen and oxygen atoms in total. The first kappa shape index (κ1) is 26.0. The van der Waals surface area contributed by atoms with E-state index < -0.39 is 0 Å². The minimum atomic E-state index is -0.256. The molecule has 0 atom stereocenters. The van der Waals surface area contributed by atoms with E-state index in [1.54, 1.807) is 12.1 Å². The molecule has 2 aromatic rings. The summed E-state index contributed by atoms with van der Waals surface area (Å²) in [5, 5.41) is 10.6. The predicted molar refractivity (Wildman–Crippen MR) is 140 cm³/mol. The maximum absolute atomic E-state index is 13.7. The van der Waals surface area contributed by atoms with Gasteiger partial charge in [-0.25, -0.2) is 14.4 Å². The Balaban J connectivity index is 2.03. The van der Waals surface area contributed by atoms with Gasteiger partial charge in [0.25, 0.3) is 0 Å². The number of rotatable bonds is 12. The number of guanidine groups is 1. The molecule has 0 N–H and O–H groups in total. The molecule has 0 fully saturated rings. The van der Waals surface area contributed by atoms with E-state index in [4.69, 9.17) is 4.99 Å². The predicted octanol–water partition coefficient (Wildman–Crippen LogP) is 7.28. The van der Waals surface area contributed by atoms with Gasteiger partial charge in [0.15, 0.2) is 0 Å². The molecule has 2 heterocycles. The molecule has 1 aromatic heterocycles. The number of anilines is 1. The third kappa shape index (κ3) is 6.50. The van der Waals surface area contributed by atoms with Crippen LogP contribution in [0.2, 0.25) is 0 Å². The number of unbranched alkanes of at least 4 members (excludes halogenated alkanes) is 6. The van der Waals surface area contributed by atoms with E-state index in [0.29, 0.717) is 17.1 Å². The average Bonchev–Trinajstić information content (AvgIpc) is 2.86. The van der Waals surface area contributed by atoms with Crippen LogP contribution in [0.25, 0.3) is 0 Å². The van der Waals surface area contributed by atoms with Gasteiger partial charge in [-0.1, -0.05) is 52.4 Å². The number of nitrogens with zero attached hydrogens (tertiary/aromatic N) is 5. The van der Waals surface area contributed by atoms with Crippen LogP contribution >= 0.6 is 11.8 Å². The van der Waals surface area contributed by atoms with Crippen molar-refractivity contribution in [2.75, 3.05) is 24.2 Å². The summed E-state index contributed by atoms with van der Waals surface area (Å²) in [7, 11) is 0. The summed E-state index contributed by atoms with van der Waals surface area (Å²) in [6, 6.07) is 8.93. The van der Waals surface area contributed by atoms with Crippen molar-refractivity contribution >= 4 is 29.1 Å². The fraction of sp³-hybridized carbons (Fsp3) is 0.519. The number of hydrogen-bond donors (Lipinski definition) is 0. The lowest BCUT2D eigenvalue weighted by molar-refractivity contribution is 0.379. The molecule has 0 aliphatic carbocycles. The van der Waals surface area contributed by atoms with Gasteiger partial charge < -0.3 is 9.80 Å². The Hall–Kier alpha value is -2.59. The Labute approximate surface area is 208 Å². The summed E-state index contributed by atoms with van der Waals surface area (Å²) >= 11 is 1.47. The largest absolute Gasteiger partial charge is 0.342 e. The maximum Gasteiger partial charge on any atom is 0.206 e. The Bertz CT molecular complexity index is 987. The summed E-state index contributed by atoms with van der Waals surface area (Å²) in [6.45, 7) is 6.83. The molecule has 1 aromatic carbocycles. The number of hydrogen-bond acceptors (Lipinski definition) is 6. The molecule has 0 bridgehead atoms. The molecule has 34 heavy (non-hydrogen) atoms. The summed E-state index contributed by atoms with van der Waals surface area (Å²) < 4.78 is 13.7. The number of halogens is 1. The second kappa shape index (κ2) is 13.3. The number of aromatic nitrogens is 1. The third-order valence-corrected chi connectivity index (χ3v) is 6.86. The number of nitriles is 1. The van der Waals surface area contributed by atoms with Gasteiger partial charge in [-0.15, -0.1) is 11.8 Å². The smallest absolute Gasteiger partial charge is 0.206 e. The van der Waals surface area contributed by atoms with Gasteiger partial charge in [0.05, 0.1) is 12.2 Å². The Morgan fingerprint density at radius 2 is 1.68 bits per heavy atom. The molecular weight excluding hydrogens is 445 g/mol. The van der Waals surface area contributed by atoms with Crippen LogP contribution in [0, 0.1) is 17.1 Å². The van der Waals surface area contributed by atoms with Crippen molar-refractivity contribution in [3.8, 4) is 6.07 Å². The van der Waals surface area contributed by atoms with Crippen LogP contribution in [0.4, 0.5) is 15.8 Å². The van der Waals surface area contributed by atoms with E-state index in [9.17, 15) is 9.65 Å². The molecule has 0 unspecified atom stereocenters. The zero-order valence-corrected chi connectivity index (χ0v) is 21.5. The van der Waals surface area contributed by atoms with E-state index in [1.807, 2.05) is 12.5 Å². The standard InChI is InChI=1S/C27H36FN5S/c1-4-6-8-10-16-32(17-11-9-7-5-2)27-31-25-21(19-30-26(34-3)24(25)18-29)20-33(27)23-14-12-22(28)13-15-23/h12-15,19H,4-11,16-17,20H2,1-3H3. The van der Waals surface area contributed by atoms with Crippen molar-refractivity contribution in [1.82, 2.24) is 9.88 Å². The minimum absolute atomic E-state index is 0.256. The summed E-state index contributed by atoms with van der Waals surface area (Å²) in [5.41, 5.74) is 3.07. The lowest BCUT2D eigenvalue weighted by Crippen LogP contribution is -2.46. The number of thioether (sulfide) groups is 1. The van der Waals surface area contributed by atoms with Crippen molar-refractivity contribution in [2.24, 2.45) is 4.99 Å². The lowest BCUT2D eigenvalue weighted by atomic mass is 10.1. The van der Waals surface area contributed by atoms with Crippen LogP contribution in [0.15, 0.2) is 40.5 Å². The van der Waals surface area contributed by atoms with Crippen molar-refractivity contribution in [3.05, 3.63) is 47.4 Å². The maximum atomic E-state index is 13.7. The molecule has 1 aliphatic rings. The van der Waals surface area contributed by atoms with Crippen LogP contribution in [-0.4, -0.2) is 35.2 Å². The van der Waals surface area contributed by atoms with Gasteiger partial charge >= 0.3 is 0 Å². The number of pyridine rings is 1. The number of fused-ring (bicyclic) bond motifs is 1. The summed E-state index contributed by atoms with van der Waals surface area (Å²) in [6.07, 6.45) is 13.2. The van der Waals surface area contributed by atoms with E-state index >= 15 is 0 Å². The molecule has 0 spiro atoms. The third-order valence-electron chi connectivity index (χ3n) is 6.16. The first-order valence-electron chi connectivity index (χ1n) is 12.5. The summed E-state index contributed by atoms with van der Waals surface area (Å²) in [5.74, 6) is 0.593. The van der Waals surface area contributed by atoms with Gasteiger partial charge in [0.2, 0.25) is 5.96 Å². The first-order valence-corrected chi connectivity index (χ1v) is 13.7. The van der Waals surface area contributed by atoms with E-state index in [1.165, 1.54) is 62.4 Å². The Kier molecular flexibility index (Phi) is 10.2. The van der Waals surface area contributed by atoms with Crippen LogP contribution in [0.3, 0.4) is 0 Å². The minimum Gasteiger partial charge on any atom is -0.342 e. The molecule has 3 rings (SSSR count). The normalized spacial score (nSPS) is 12.8. The van der Waals surface area contributed by atoms with Gasteiger partial charge in [-0.05, 0) is 43.4 Å². The molecular formula is C27H36FN5S. The number of aliphatic imine (C=N–C) groups is 1. The van der Waals surface area contributed by atoms with E-state index in [0.717, 1.165) is 48.8 Å². The molecule has 7 heteroatoms. The molecule has 0 radical (unpaired) electrons. The van der Waals surface area contributed by atoms with Crippen molar-refractivity contribution in [2.45, 2.75) is 76.8 Å². The highest BCUT2D eigenvalue weighted by molar-refractivity contribution is 7.98. The monoisotopic (exact) mass is 481 g/mol. The molecule has 1 aliphatic heterocycles. The SMILES string of the molecule is CCCCCCN(CCCCCC)C1=Nc2c(cnc(SC)c2C#N)CN1c1ccc(F)cc1.